The van der Waals surface area contributed by atoms with Crippen molar-refractivity contribution in [2.24, 2.45) is 0 Å². The molecule has 1 N–H and O–H groups in total. The van der Waals surface area contributed by atoms with Gasteiger partial charge < -0.3 is 4.98 Å². The number of benzene rings is 1. The van der Waals surface area contributed by atoms with E-state index >= 15 is 0 Å². The lowest BCUT2D eigenvalue weighted by Gasteiger charge is -2.00. The van der Waals surface area contributed by atoms with Gasteiger partial charge in [0.1, 0.15) is 5.82 Å². The molecule has 2 aromatic rings. The molecule has 122 valence electrons. The number of aromatic amines is 1. The van der Waals surface area contributed by atoms with Crippen molar-refractivity contribution < 1.29 is 0 Å². The molecule has 0 spiro atoms. The smallest absolute Gasteiger partial charge is 0.106 e. The molecule has 0 radical (unpaired) electrons. The zero-order valence-corrected chi connectivity index (χ0v) is 14.4. The third-order valence-corrected chi connectivity index (χ3v) is 3.96. The fraction of sp³-hybridized carbons (Fsp3) is 0.381. The van der Waals surface area contributed by atoms with Crippen LogP contribution in [0.2, 0.25) is 0 Å². The maximum atomic E-state index is 4.51. The highest BCUT2D eigenvalue weighted by Crippen LogP contribution is 2.19. The van der Waals surface area contributed by atoms with Crippen molar-refractivity contribution in [2.45, 2.75) is 52.4 Å². The normalized spacial score (nSPS) is 11.7. The van der Waals surface area contributed by atoms with Crippen LogP contribution < -0.4 is 0 Å². The average Bonchev–Trinajstić information content (AvgIpc) is 3.04. The van der Waals surface area contributed by atoms with E-state index in [2.05, 4.69) is 53.3 Å². The number of nitrogens with zero attached hydrogens (tertiary/aromatic N) is 1. The second-order valence-electron chi connectivity index (χ2n) is 5.91. The lowest BCUT2D eigenvalue weighted by atomic mass is 10.1. The van der Waals surface area contributed by atoms with Crippen LogP contribution in [0.5, 0.6) is 0 Å². The molecule has 0 aliphatic heterocycles. The van der Waals surface area contributed by atoms with Gasteiger partial charge in [-0.3, -0.25) is 0 Å². The minimum Gasteiger partial charge on any atom is -0.342 e. The Morgan fingerprint density at radius 1 is 1.00 bits per heavy atom. The summed E-state index contributed by atoms with van der Waals surface area (Å²) in [5, 5.41) is 0. The summed E-state index contributed by atoms with van der Waals surface area (Å²) in [6.45, 7) is 4.27. The molecule has 1 aromatic heterocycles. The van der Waals surface area contributed by atoms with Crippen molar-refractivity contribution in [3.8, 4) is 11.3 Å². The van der Waals surface area contributed by atoms with Crippen LogP contribution in [0.25, 0.3) is 17.3 Å². The predicted molar refractivity (Wildman–Crippen MR) is 100 cm³/mol. The third-order valence-electron chi connectivity index (χ3n) is 3.96. The van der Waals surface area contributed by atoms with E-state index in [1.807, 2.05) is 25.3 Å². The Balaban J connectivity index is 1.89. The summed E-state index contributed by atoms with van der Waals surface area (Å²) in [5.74, 6) is 1.11. The van der Waals surface area contributed by atoms with Crippen LogP contribution in [0.4, 0.5) is 0 Å². The number of hydrogen-bond donors (Lipinski definition) is 1. The van der Waals surface area contributed by atoms with Crippen LogP contribution in [0.15, 0.2) is 48.7 Å². The summed E-state index contributed by atoms with van der Waals surface area (Å²) in [6, 6.07) is 8.57. The van der Waals surface area contributed by atoms with Crippen molar-refractivity contribution >= 4 is 6.08 Å². The molecule has 23 heavy (non-hydrogen) atoms. The first-order chi connectivity index (χ1) is 11.3. The van der Waals surface area contributed by atoms with E-state index in [9.17, 15) is 0 Å². The second kappa shape index (κ2) is 9.83. The van der Waals surface area contributed by atoms with Crippen molar-refractivity contribution in [2.75, 3.05) is 0 Å². The summed E-state index contributed by atoms with van der Waals surface area (Å²) >= 11 is 0. The number of hydrogen-bond acceptors (Lipinski definition) is 1. The van der Waals surface area contributed by atoms with Crippen molar-refractivity contribution in [1.29, 1.82) is 0 Å². The largest absolute Gasteiger partial charge is 0.342 e. The Bertz CT molecular complexity index is 618. The van der Waals surface area contributed by atoms with E-state index < -0.39 is 0 Å². The van der Waals surface area contributed by atoms with E-state index in [1.165, 1.54) is 43.2 Å². The molecule has 2 heteroatoms. The lowest BCUT2D eigenvalue weighted by Crippen LogP contribution is -1.89. The van der Waals surface area contributed by atoms with E-state index in [-0.39, 0.29) is 0 Å². The summed E-state index contributed by atoms with van der Waals surface area (Å²) in [5.41, 5.74) is 3.51. The van der Waals surface area contributed by atoms with E-state index in [4.69, 9.17) is 0 Å². The predicted octanol–water partition coefficient (Wildman–Crippen LogP) is 6.18. The number of imidazole rings is 1. The third kappa shape index (κ3) is 5.90. The van der Waals surface area contributed by atoms with Gasteiger partial charge >= 0.3 is 0 Å². The van der Waals surface area contributed by atoms with Gasteiger partial charge in [0, 0.05) is 6.42 Å². The monoisotopic (exact) mass is 308 g/mol. The van der Waals surface area contributed by atoms with Crippen molar-refractivity contribution in [1.82, 2.24) is 9.97 Å². The molecule has 2 nitrogen and oxygen atoms in total. The van der Waals surface area contributed by atoms with E-state index in [0.717, 1.165) is 17.9 Å². The van der Waals surface area contributed by atoms with Gasteiger partial charge in [-0.05, 0) is 24.5 Å². The van der Waals surface area contributed by atoms with Crippen LogP contribution in [-0.2, 0) is 6.42 Å². The van der Waals surface area contributed by atoms with Gasteiger partial charge in [0.15, 0.2) is 0 Å². The SMILES string of the molecule is C/C=C\C=C/c1ccc(-c2cnc(CCCCCCC)[nH]2)cc1. The van der Waals surface area contributed by atoms with Crippen LogP contribution in [0.1, 0.15) is 57.3 Å². The molecular formula is C21H28N2. The van der Waals surface area contributed by atoms with Gasteiger partial charge in [-0.2, -0.15) is 0 Å². The Morgan fingerprint density at radius 3 is 2.52 bits per heavy atom. The zero-order chi connectivity index (χ0) is 16.3. The summed E-state index contributed by atoms with van der Waals surface area (Å²) < 4.78 is 0. The maximum absolute atomic E-state index is 4.51. The Hall–Kier alpha value is -2.09. The van der Waals surface area contributed by atoms with Gasteiger partial charge in [0.25, 0.3) is 0 Å². The summed E-state index contributed by atoms with van der Waals surface area (Å²) in [4.78, 5) is 7.97. The summed E-state index contributed by atoms with van der Waals surface area (Å²) in [7, 11) is 0. The Kier molecular flexibility index (Phi) is 7.38. The Labute approximate surface area is 140 Å². The van der Waals surface area contributed by atoms with Gasteiger partial charge in [-0.15, -0.1) is 0 Å². The van der Waals surface area contributed by atoms with Crippen molar-refractivity contribution in [3.05, 3.63) is 60.1 Å². The quantitative estimate of drug-likeness (QED) is 0.435. The number of nitrogens with one attached hydrogen (secondary N) is 1. The fourth-order valence-corrected chi connectivity index (χ4v) is 2.58. The molecule has 2 rings (SSSR count). The molecule has 0 amide bonds. The van der Waals surface area contributed by atoms with Gasteiger partial charge in [-0.25, -0.2) is 4.98 Å². The molecule has 1 heterocycles. The Morgan fingerprint density at radius 2 is 1.78 bits per heavy atom. The number of aromatic nitrogens is 2. The zero-order valence-electron chi connectivity index (χ0n) is 14.4. The number of rotatable bonds is 9. The number of aryl methyl sites for hydroxylation is 1. The van der Waals surface area contributed by atoms with Gasteiger partial charge in [-0.1, -0.05) is 81.2 Å². The van der Waals surface area contributed by atoms with Crippen LogP contribution in [-0.4, -0.2) is 9.97 Å². The van der Waals surface area contributed by atoms with Gasteiger partial charge in [0.2, 0.25) is 0 Å². The molecule has 0 aliphatic carbocycles. The highest BCUT2D eigenvalue weighted by atomic mass is 14.9. The number of allylic oxidation sites excluding steroid dienone is 3. The van der Waals surface area contributed by atoms with E-state index in [0.29, 0.717) is 0 Å². The first kappa shape index (κ1) is 17.3. The maximum Gasteiger partial charge on any atom is 0.106 e. The first-order valence-electron chi connectivity index (χ1n) is 8.77. The lowest BCUT2D eigenvalue weighted by molar-refractivity contribution is 0.624. The fourth-order valence-electron chi connectivity index (χ4n) is 2.58. The highest BCUT2D eigenvalue weighted by molar-refractivity contribution is 5.62. The minimum absolute atomic E-state index is 1.05. The van der Waals surface area contributed by atoms with Crippen molar-refractivity contribution in [3.63, 3.8) is 0 Å². The molecule has 0 fully saturated rings. The van der Waals surface area contributed by atoms with Crippen LogP contribution in [0.3, 0.4) is 0 Å². The molecular weight excluding hydrogens is 280 g/mol. The number of H-pyrrole nitrogens is 1. The molecule has 0 saturated heterocycles. The topological polar surface area (TPSA) is 28.7 Å². The molecule has 0 unspecified atom stereocenters. The van der Waals surface area contributed by atoms with Crippen LogP contribution in [0, 0.1) is 0 Å². The van der Waals surface area contributed by atoms with Gasteiger partial charge in [0.05, 0.1) is 11.9 Å². The molecule has 0 saturated carbocycles. The number of unbranched alkanes of at least 4 members (excludes halogenated alkanes) is 4. The highest BCUT2D eigenvalue weighted by Gasteiger charge is 2.03. The molecule has 1 aromatic carbocycles. The standard InChI is InChI=1S/C21H28N2/c1-3-5-7-8-10-12-21-22-17-20(23-21)19-15-13-18(14-16-19)11-9-6-4-2/h4,6,9,11,13-17H,3,5,7-8,10,12H2,1-2H3,(H,22,23)/b6-4-,11-9-. The summed E-state index contributed by atoms with van der Waals surface area (Å²) in [6.07, 6.45) is 17.7. The second-order valence-corrected chi connectivity index (χ2v) is 5.91. The molecule has 0 bridgehead atoms. The van der Waals surface area contributed by atoms with Crippen LogP contribution >= 0.6 is 0 Å². The molecule has 0 aliphatic rings. The minimum atomic E-state index is 1.05. The first-order valence-corrected chi connectivity index (χ1v) is 8.77. The van der Waals surface area contributed by atoms with E-state index in [1.54, 1.807) is 0 Å². The average molecular weight is 308 g/mol. The molecule has 0 atom stereocenters.